The highest BCUT2D eigenvalue weighted by atomic mass is 35.5. The van der Waals surface area contributed by atoms with Gasteiger partial charge in [0.15, 0.2) is 0 Å². The van der Waals surface area contributed by atoms with Gasteiger partial charge in [0.05, 0.1) is 5.02 Å². The number of carbonyl (C=O) groups excluding carboxylic acids is 2. The van der Waals surface area contributed by atoms with E-state index >= 15 is 0 Å². The number of benzene rings is 1. The predicted octanol–water partition coefficient (Wildman–Crippen LogP) is 3.42. The lowest BCUT2D eigenvalue weighted by molar-refractivity contribution is -0.112. The molecular weight excluding hydrogens is 484 g/mol. The normalized spacial score (nSPS) is 11.6. The van der Waals surface area contributed by atoms with E-state index in [-0.39, 0.29) is 21.5 Å². The van der Waals surface area contributed by atoms with E-state index < -0.39 is 26.9 Å². The second-order valence-electron chi connectivity index (χ2n) is 5.83. The van der Waals surface area contributed by atoms with Crippen molar-refractivity contribution in [1.29, 1.82) is 5.26 Å². The lowest BCUT2D eigenvalue weighted by Crippen LogP contribution is -2.13. The van der Waals surface area contributed by atoms with Crippen LogP contribution in [0.5, 0.6) is 5.75 Å². The number of rotatable bonds is 6. The molecule has 0 unspecified atom stereocenters. The average Bonchev–Trinajstić information content (AvgIpc) is 3.39. The summed E-state index contributed by atoms with van der Waals surface area (Å²) in [6, 6.07) is 9.47. The summed E-state index contributed by atoms with van der Waals surface area (Å²) >= 11 is 8.05. The van der Waals surface area contributed by atoms with Crippen LogP contribution in [0.2, 0.25) is 5.02 Å². The van der Waals surface area contributed by atoms with Gasteiger partial charge in [-0.2, -0.15) is 14.6 Å². The van der Waals surface area contributed by atoms with E-state index in [4.69, 9.17) is 16.3 Å². The molecule has 0 bridgehead atoms. The van der Waals surface area contributed by atoms with Crippen LogP contribution in [-0.2, 0) is 14.6 Å². The smallest absolute Gasteiger partial charge is 0.353 e. The van der Waals surface area contributed by atoms with Crippen LogP contribution >= 0.6 is 34.5 Å². The van der Waals surface area contributed by atoms with Gasteiger partial charge in [-0.25, -0.2) is 13.2 Å². The van der Waals surface area contributed by atoms with Crippen molar-refractivity contribution in [1.82, 2.24) is 9.36 Å². The first-order valence-electron chi connectivity index (χ1n) is 8.19. The molecule has 0 spiro atoms. The summed E-state index contributed by atoms with van der Waals surface area (Å²) in [5, 5.41) is 13.0. The number of sulfone groups is 1. The molecule has 1 aromatic carbocycles. The van der Waals surface area contributed by atoms with Gasteiger partial charge >= 0.3 is 5.97 Å². The molecule has 9 nitrogen and oxygen atoms in total. The topological polar surface area (TPSA) is 139 Å². The Kier molecular flexibility index (Phi) is 6.81. The van der Waals surface area contributed by atoms with E-state index in [1.54, 1.807) is 23.6 Å². The van der Waals surface area contributed by atoms with Gasteiger partial charge in [-0.3, -0.25) is 10.1 Å². The molecule has 3 rings (SSSR count). The maximum Gasteiger partial charge on any atom is 0.353 e. The zero-order valence-electron chi connectivity index (χ0n) is 15.5. The second kappa shape index (κ2) is 9.36. The van der Waals surface area contributed by atoms with Crippen LogP contribution in [0.4, 0.5) is 5.13 Å². The Balaban J connectivity index is 1.75. The molecule has 31 heavy (non-hydrogen) atoms. The first-order valence-corrected chi connectivity index (χ1v) is 12.1. The number of halogens is 1. The second-order valence-corrected chi connectivity index (χ2v) is 9.85. The summed E-state index contributed by atoms with van der Waals surface area (Å²) in [5.41, 5.74) is 0.122. The van der Waals surface area contributed by atoms with Crippen LogP contribution in [-0.4, -0.2) is 35.9 Å². The number of nitrogens with one attached hydrogen (secondary N) is 1. The number of thiophene rings is 1. The van der Waals surface area contributed by atoms with Gasteiger partial charge in [0.2, 0.25) is 15.0 Å². The summed E-state index contributed by atoms with van der Waals surface area (Å²) in [5.74, 6) is -1.23. The van der Waals surface area contributed by atoms with Crippen molar-refractivity contribution in [3.63, 3.8) is 0 Å². The Morgan fingerprint density at radius 1 is 1.32 bits per heavy atom. The van der Waals surface area contributed by atoms with E-state index in [1.807, 2.05) is 0 Å². The molecule has 2 aromatic heterocycles. The minimum absolute atomic E-state index is 0.0690. The van der Waals surface area contributed by atoms with E-state index in [0.29, 0.717) is 22.0 Å². The van der Waals surface area contributed by atoms with Crippen molar-refractivity contribution in [3.05, 3.63) is 56.7 Å². The summed E-state index contributed by atoms with van der Waals surface area (Å²) in [6.45, 7) is 0. The third kappa shape index (κ3) is 5.74. The van der Waals surface area contributed by atoms with Gasteiger partial charge in [0.1, 0.15) is 22.3 Å². The zero-order chi connectivity index (χ0) is 22.6. The average molecular weight is 495 g/mol. The number of aromatic nitrogens is 2. The highest BCUT2D eigenvalue weighted by Gasteiger charge is 2.18. The number of carbonyl (C=O) groups is 2. The quantitative estimate of drug-likeness (QED) is 0.238. The summed E-state index contributed by atoms with van der Waals surface area (Å²) in [7, 11) is -3.62. The fraction of sp³-hybridized carbons (Fsp3) is 0.0556. The summed E-state index contributed by atoms with van der Waals surface area (Å²) in [4.78, 5) is 28.5. The molecule has 0 saturated heterocycles. The van der Waals surface area contributed by atoms with Gasteiger partial charge < -0.3 is 4.74 Å². The number of amides is 1. The lowest BCUT2D eigenvalue weighted by atomic mass is 10.1. The number of esters is 1. The molecule has 0 atom stereocenters. The highest BCUT2D eigenvalue weighted by Crippen LogP contribution is 2.28. The molecule has 0 fully saturated rings. The van der Waals surface area contributed by atoms with Gasteiger partial charge in [-0.05, 0) is 35.2 Å². The number of anilines is 1. The fourth-order valence-electron chi connectivity index (χ4n) is 2.13. The van der Waals surface area contributed by atoms with E-state index in [0.717, 1.165) is 6.26 Å². The van der Waals surface area contributed by atoms with Gasteiger partial charge in [-0.15, -0.1) is 11.3 Å². The molecule has 0 saturated carbocycles. The van der Waals surface area contributed by atoms with Crippen molar-refractivity contribution in [2.24, 2.45) is 0 Å². The number of ether oxygens (including phenoxy) is 1. The number of hydrogen-bond donors (Lipinski definition) is 1. The summed E-state index contributed by atoms with van der Waals surface area (Å²) < 4.78 is 31.7. The fourth-order valence-corrected chi connectivity index (χ4v) is 4.39. The van der Waals surface area contributed by atoms with Crippen LogP contribution in [0.25, 0.3) is 6.08 Å². The van der Waals surface area contributed by atoms with E-state index in [9.17, 15) is 23.3 Å². The van der Waals surface area contributed by atoms with Gasteiger partial charge in [0.25, 0.3) is 11.1 Å². The third-order valence-electron chi connectivity index (χ3n) is 3.52. The Hall–Kier alpha value is -3.11. The molecular formula is C18H11ClN4O5S3. The Labute approximate surface area is 189 Å². The van der Waals surface area contributed by atoms with E-state index in [1.165, 1.54) is 35.6 Å². The van der Waals surface area contributed by atoms with Gasteiger partial charge in [0, 0.05) is 17.8 Å². The molecule has 158 valence electrons. The molecule has 2 heterocycles. The Morgan fingerprint density at radius 3 is 2.68 bits per heavy atom. The number of hydrogen-bond acceptors (Lipinski definition) is 10. The minimum Gasteiger partial charge on any atom is -0.421 e. The predicted molar refractivity (Wildman–Crippen MR) is 116 cm³/mol. The molecule has 13 heteroatoms. The third-order valence-corrected chi connectivity index (χ3v) is 6.25. The van der Waals surface area contributed by atoms with Crippen LogP contribution < -0.4 is 10.1 Å². The Morgan fingerprint density at radius 2 is 2.10 bits per heavy atom. The van der Waals surface area contributed by atoms with Crippen LogP contribution in [0.3, 0.4) is 0 Å². The molecule has 0 radical (unpaired) electrons. The maximum absolute atomic E-state index is 12.3. The van der Waals surface area contributed by atoms with Crippen molar-refractivity contribution >= 4 is 67.4 Å². The first-order chi connectivity index (χ1) is 14.7. The Bertz CT molecular complexity index is 1320. The highest BCUT2D eigenvalue weighted by molar-refractivity contribution is 7.90. The largest absolute Gasteiger partial charge is 0.421 e. The lowest BCUT2D eigenvalue weighted by Gasteiger charge is -2.06. The van der Waals surface area contributed by atoms with Crippen LogP contribution in [0.15, 0.2) is 46.4 Å². The van der Waals surface area contributed by atoms with Crippen molar-refractivity contribution < 1.29 is 22.7 Å². The van der Waals surface area contributed by atoms with E-state index in [2.05, 4.69) is 14.7 Å². The van der Waals surface area contributed by atoms with Crippen molar-refractivity contribution in [2.45, 2.75) is 5.16 Å². The molecule has 3 aromatic rings. The zero-order valence-corrected chi connectivity index (χ0v) is 18.7. The minimum atomic E-state index is -3.62. The SMILES string of the molecule is CS(=O)(=O)c1nsc(NC(=O)/C(C#N)=C\c2ccc(OC(=O)c3cccs3)c(Cl)c2)n1. The number of nitrogens with zero attached hydrogens (tertiary/aromatic N) is 3. The van der Waals surface area contributed by atoms with Crippen molar-refractivity contribution in [2.75, 3.05) is 11.6 Å². The monoisotopic (exact) mass is 494 g/mol. The molecule has 0 aliphatic carbocycles. The molecule has 1 amide bonds. The standard InChI is InChI=1S/C18H11ClN4O5S3/c1-31(26,27)18-22-17(30-23-18)21-15(24)11(9-20)7-10-4-5-13(12(19)8-10)28-16(25)14-3-2-6-29-14/h2-8H,1H3,(H,21,22,23,24)/b11-7-. The maximum atomic E-state index is 12.3. The van der Waals surface area contributed by atoms with Crippen LogP contribution in [0, 0.1) is 11.3 Å². The van der Waals surface area contributed by atoms with Crippen LogP contribution in [0.1, 0.15) is 15.2 Å². The molecule has 0 aliphatic heterocycles. The number of nitriles is 1. The van der Waals surface area contributed by atoms with Crippen molar-refractivity contribution in [3.8, 4) is 11.8 Å². The first kappa shape index (κ1) is 22.6. The summed E-state index contributed by atoms with van der Waals surface area (Å²) in [6.07, 6.45) is 2.21. The molecule has 0 aliphatic rings. The molecule has 1 N–H and O–H groups in total. The van der Waals surface area contributed by atoms with Gasteiger partial charge in [-0.1, -0.05) is 23.7 Å².